The maximum Gasteiger partial charge on any atom is 0.230 e. The molecule has 1 aromatic heterocycles. The molecule has 1 aromatic carbocycles. The molecule has 2 aromatic rings. The van der Waals surface area contributed by atoms with Gasteiger partial charge in [-0.2, -0.15) is 0 Å². The molecule has 0 aliphatic carbocycles. The van der Waals surface area contributed by atoms with E-state index in [1.807, 2.05) is 30.5 Å². The van der Waals surface area contributed by atoms with Crippen molar-refractivity contribution in [2.75, 3.05) is 26.4 Å². The molecule has 1 heterocycles. The van der Waals surface area contributed by atoms with Gasteiger partial charge in [-0.1, -0.05) is 25.6 Å². The lowest BCUT2D eigenvalue weighted by Gasteiger charge is -2.20. The lowest BCUT2D eigenvalue weighted by atomic mass is 10.1. The van der Waals surface area contributed by atoms with Crippen LogP contribution in [0.2, 0.25) is 0 Å². The third-order valence-electron chi connectivity index (χ3n) is 4.27. The first kappa shape index (κ1) is 21.4. The number of rotatable bonds is 9. The van der Waals surface area contributed by atoms with E-state index in [2.05, 4.69) is 29.4 Å². The second kappa shape index (κ2) is 9.85. The average molecular weight is 394 g/mol. The first-order chi connectivity index (χ1) is 12.8. The molecule has 1 amide bonds. The van der Waals surface area contributed by atoms with E-state index in [1.165, 1.54) is 23.9 Å². The number of benzene rings is 1. The van der Waals surface area contributed by atoms with Crippen molar-refractivity contribution < 1.29 is 9.18 Å². The Labute approximate surface area is 164 Å². The normalized spacial score (nSPS) is 12.6. The number of nitrogens with one attached hydrogen (secondary N) is 1. The van der Waals surface area contributed by atoms with Gasteiger partial charge in [0.2, 0.25) is 5.91 Å². The first-order valence-corrected chi connectivity index (χ1v) is 10.0. The van der Waals surface area contributed by atoms with Crippen molar-refractivity contribution in [1.82, 2.24) is 25.0 Å². The SMILES string of the molecule is CC(C)CCNC(=O)CSc1nnc([C@H](C)N(C)C)n1-c1ccc(F)cc1. The summed E-state index contributed by atoms with van der Waals surface area (Å²) >= 11 is 1.33. The summed E-state index contributed by atoms with van der Waals surface area (Å²) in [5.74, 6) is 1.22. The fraction of sp³-hybridized carbons (Fsp3) is 0.526. The number of hydrogen-bond acceptors (Lipinski definition) is 5. The lowest BCUT2D eigenvalue weighted by molar-refractivity contribution is -0.118. The molecular formula is C19H28FN5OS. The molecule has 1 atom stereocenters. The highest BCUT2D eigenvalue weighted by molar-refractivity contribution is 7.99. The molecule has 0 saturated carbocycles. The summed E-state index contributed by atoms with van der Waals surface area (Å²) in [4.78, 5) is 14.1. The Balaban J connectivity index is 2.18. The number of carbonyl (C=O) groups is 1. The largest absolute Gasteiger partial charge is 0.355 e. The molecule has 6 nitrogen and oxygen atoms in total. The van der Waals surface area contributed by atoms with Crippen LogP contribution in [0.25, 0.3) is 5.69 Å². The van der Waals surface area contributed by atoms with Crippen LogP contribution >= 0.6 is 11.8 Å². The molecule has 0 unspecified atom stereocenters. The molecular weight excluding hydrogens is 365 g/mol. The smallest absolute Gasteiger partial charge is 0.230 e. The standard InChI is InChI=1S/C19H28FN5OS/c1-13(2)10-11-21-17(26)12-27-19-23-22-18(14(3)24(4)5)25(19)16-8-6-15(20)7-9-16/h6-9,13-14H,10-12H2,1-5H3,(H,21,26)/t14-/m0/s1. The van der Waals surface area contributed by atoms with Crippen molar-refractivity contribution in [1.29, 1.82) is 0 Å². The van der Waals surface area contributed by atoms with Crippen molar-refractivity contribution in [3.8, 4) is 5.69 Å². The van der Waals surface area contributed by atoms with Gasteiger partial charge in [-0.15, -0.1) is 10.2 Å². The number of carbonyl (C=O) groups excluding carboxylic acids is 1. The highest BCUT2D eigenvalue weighted by Gasteiger charge is 2.21. The summed E-state index contributed by atoms with van der Waals surface area (Å²) in [6.45, 7) is 6.95. The fourth-order valence-corrected chi connectivity index (χ4v) is 3.18. The number of aromatic nitrogens is 3. The van der Waals surface area contributed by atoms with Gasteiger partial charge in [0, 0.05) is 12.2 Å². The maximum absolute atomic E-state index is 13.3. The quantitative estimate of drug-likeness (QED) is 0.663. The van der Waals surface area contributed by atoms with Crippen LogP contribution in [0.3, 0.4) is 0 Å². The second-order valence-electron chi connectivity index (χ2n) is 7.11. The average Bonchev–Trinajstić information content (AvgIpc) is 3.03. The van der Waals surface area contributed by atoms with Crippen LogP contribution in [0.1, 0.15) is 39.1 Å². The van der Waals surface area contributed by atoms with E-state index in [-0.39, 0.29) is 23.5 Å². The van der Waals surface area contributed by atoms with E-state index in [9.17, 15) is 9.18 Å². The molecule has 0 radical (unpaired) electrons. The Kier molecular flexibility index (Phi) is 7.79. The molecule has 0 aliphatic rings. The van der Waals surface area contributed by atoms with Gasteiger partial charge in [-0.3, -0.25) is 14.3 Å². The van der Waals surface area contributed by atoms with E-state index in [0.29, 0.717) is 17.6 Å². The van der Waals surface area contributed by atoms with Gasteiger partial charge in [-0.25, -0.2) is 4.39 Å². The highest BCUT2D eigenvalue weighted by Crippen LogP contribution is 2.26. The minimum Gasteiger partial charge on any atom is -0.355 e. The number of amides is 1. The molecule has 0 spiro atoms. The van der Waals surface area contributed by atoms with Crippen molar-refractivity contribution in [2.45, 2.75) is 38.4 Å². The van der Waals surface area contributed by atoms with Crippen molar-refractivity contribution in [3.05, 3.63) is 35.9 Å². The second-order valence-corrected chi connectivity index (χ2v) is 8.06. The summed E-state index contributed by atoms with van der Waals surface area (Å²) in [7, 11) is 3.92. The third-order valence-corrected chi connectivity index (χ3v) is 5.20. The highest BCUT2D eigenvalue weighted by atomic mass is 32.2. The Morgan fingerprint density at radius 2 is 1.89 bits per heavy atom. The minimum atomic E-state index is -0.298. The first-order valence-electron chi connectivity index (χ1n) is 9.06. The monoisotopic (exact) mass is 393 g/mol. The zero-order valence-electron chi connectivity index (χ0n) is 16.6. The van der Waals surface area contributed by atoms with E-state index < -0.39 is 0 Å². The number of nitrogens with zero attached hydrogens (tertiary/aromatic N) is 4. The van der Waals surface area contributed by atoms with E-state index in [4.69, 9.17) is 0 Å². The Bertz CT molecular complexity index is 745. The molecule has 1 N–H and O–H groups in total. The van der Waals surface area contributed by atoms with Gasteiger partial charge in [0.1, 0.15) is 5.82 Å². The van der Waals surface area contributed by atoms with Crippen molar-refractivity contribution >= 4 is 17.7 Å². The molecule has 8 heteroatoms. The summed E-state index contributed by atoms with van der Waals surface area (Å²) in [6.07, 6.45) is 0.951. The van der Waals surface area contributed by atoms with Gasteiger partial charge < -0.3 is 5.32 Å². The van der Waals surface area contributed by atoms with Crippen LogP contribution in [-0.2, 0) is 4.79 Å². The topological polar surface area (TPSA) is 63.1 Å². The predicted octanol–water partition coefficient (Wildman–Crippen LogP) is 3.28. The van der Waals surface area contributed by atoms with Crippen LogP contribution in [-0.4, -0.2) is 52.0 Å². The Morgan fingerprint density at radius 1 is 1.22 bits per heavy atom. The Hall–Kier alpha value is -1.93. The fourth-order valence-electron chi connectivity index (χ4n) is 2.39. The summed E-state index contributed by atoms with van der Waals surface area (Å²) < 4.78 is 15.2. The van der Waals surface area contributed by atoms with Gasteiger partial charge in [0.05, 0.1) is 11.8 Å². The molecule has 0 aliphatic heterocycles. The maximum atomic E-state index is 13.3. The zero-order chi connectivity index (χ0) is 20.0. The van der Waals surface area contributed by atoms with E-state index in [0.717, 1.165) is 17.9 Å². The van der Waals surface area contributed by atoms with E-state index >= 15 is 0 Å². The van der Waals surface area contributed by atoms with Crippen LogP contribution in [0.4, 0.5) is 4.39 Å². The molecule has 0 saturated heterocycles. The van der Waals surface area contributed by atoms with Crippen LogP contribution in [0, 0.1) is 11.7 Å². The van der Waals surface area contributed by atoms with Crippen molar-refractivity contribution in [2.24, 2.45) is 5.92 Å². The molecule has 0 fully saturated rings. The van der Waals surface area contributed by atoms with Gasteiger partial charge in [0.25, 0.3) is 0 Å². The molecule has 148 valence electrons. The summed E-state index contributed by atoms with van der Waals surface area (Å²) in [6, 6.07) is 6.21. The molecule has 0 bridgehead atoms. The van der Waals surface area contributed by atoms with Crippen molar-refractivity contribution in [3.63, 3.8) is 0 Å². The number of hydrogen-bond donors (Lipinski definition) is 1. The summed E-state index contributed by atoms with van der Waals surface area (Å²) in [5.41, 5.74) is 0.771. The number of halogens is 1. The molecule has 2 rings (SSSR count). The number of thioether (sulfide) groups is 1. The van der Waals surface area contributed by atoms with Crippen LogP contribution < -0.4 is 5.32 Å². The third kappa shape index (κ3) is 6.04. The zero-order valence-corrected chi connectivity index (χ0v) is 17.4. The summed E-state index contributed by atoms with van der Waals surface area (Å²) in [5, 5.41) is 12.1. The lowest BCUT2D eigenvalue weighted by Crippen LogP contribution is -2.27. The van der Waals surface area contributed by atoms with Crippen LogP contribution in [0.15, 0.2) is 29.4 Å². The van der Waals surface area contributed by atoms with Gasteiger partial charge >= 0.3 is 0 Å². The molecule has 27 heavy (non-hydrogen) atoms. The van der Waals surface area contributed by atoms with E-state index in [1.54, 1.807) is 12.1 Å². The minimum absolute atomic E-state index is 0.0109. The van der Waals surface area contributed by atoms with Gasteiger partial charge in [0.15, 0.2) is 11.0 Å². The van der Waals surface area contributed by atoms with Crippen LogP contribution in [0.5, 0.6) is 0 Å². The predicted molar refractivity (Wildman–Crippen MR) is 107 cm³/mol. The Morgan fingerprint density at radius 3 is 2.48 bits per heavy atom. The van der Waals surface area contributed by atoms with Gasteiger partial charge in [-0.05, 0) is 57.6 Å².